The lowest BCUT2D eigenvalue weighted by molar-refractivity contribution is -0.134. The predicted octanol–water partition coefficient (Wildman–Crippen LogP) is 3.98. The number of nitrogens with zero attached hydrogens (tertiary/aromatic N) is 2. The van der Waals surface area contributed by atoms with Crippen LogP contribution in [0.25, 0.3) is 0 Å². The van der Waals surface area contributed by atoms with Crippen molar-refractivity contribution >= 4 is 17.5 Å². The Morgan fingerprint density at radius 3 is 2.38 bits per heavy atom. The molecule has 0 aliphatic carbocycles. The molecule has 2 aromatic rings. The van der Waals surface area contributed by atoms with Gasteiger partial charge in [0.1, 0.15) is 42.1 Å². The smallest absolute Gasteiger partial charge is 0.405 e. The highest BCUT2D eigenvalue weighted by Gasteiger charge is 2.32. The zero-order chi connectivity index (χ0) is 22.9. The monoisotopic (exact) mass is 453 g/mol. The van der Waals surface area contributed by atoms with E-state index in [0.717, 1.165) is 17.7 Å². The highest BCUT2D eigenvalue weighted by Crippen LogP contribution is 2.31. The lowest BCUT2D eigenvalue weighted by Crippen LogP contribution is -2.37. The molecular weight excluding hydrogens is 437 g/mol. The molecule has 0 fully saturated rings. The molecule has 4 rings (SSSR count). The summed E-state index contributed by atoms with van der Waals surface area (Å²) in [6.45, 7) is -1.35. The predicted molar refractivity (Wildman–Crippen MR) is 103 cm³/mol. The number of alkyl halides is 3. The number of ether oxygens (including phenoxy) is 1. The van der Waals surface area contributed by atoms with E-state index in [4.69, 9.17) is 9.57 Å². The zero-order valence-corrected chi connectivity index (χ0v) is 16.3. The number of hydrogen-bond acceptors (Lipinski definition) is 5. The van der Waals surface area contributed by atoms with Gasteiger partial charge in [0.15, 0.2) is 6.10 Å². The molecule has 2 aliphatic heterocycles. The van der Waals surface area contributed by atoms with E-state index >= 15 is 0 Å². The van der Waals surface area contributed by atoms with Gasteiger partial charge in [-0.25, -0.2) is 13.8 Å². The Morgan fingerprint density at radius 1 is 1.06 bits per heavy atom. The Kier molecular flexibility index (Phi) is 5.81. The van der Waals surface area contributed by atoms with Crippen LogP contribution < -0.4 is 5.32 Å². The summed E-state index contributed by atoms with van der Waals surface area (Å²) < 4.78 is 70.0. The lowest BCUT2D eigenvalue weighted by atomic mass is 10.0. The van der Waals surface area contributed by atoms with Gasteiger partial charge in [-0.2, -0.15) is 13.2 Å². The maximum absolute atomic E-state index is 13.9. The van der Waals surface area contributed by atoms with Crippen LogP contribution in [-0.4, -0.2) is 36.8 Å². The van der Waals surface area contributed by atoms with Crippen LogP contribution in [0.1, 0.15) is 35.3 Å². The van der Waals surface area contributed by atoms with E-state index in [1.165, 1.54) is 6.07 Å². The summed E-state index contributed by atoms with van der Waals surface area (Å²) in [6, 6.07) is 9.85. The number of benzene rings is 2. The van der Waals surface area contributed by atoms with Crippen LogP contribution in [0.4, 0.5) is 22.0 Å². The molecule has 32 heavy (non-hydrogen) atoms. The van der Waals surface area contributed by atoms with Crippen molar-refractivity contribution in [3.05, 3.63) is 70.8 Å². The highest BCUT2D eigenvalue weighted by atomic mass is 19.4. The van der Waals surface area contributed by atoms with Gasteiger partial charge in [0.25, 0.3) is 5.91 Å². The Labute approximate surface area is 178 Å². The van der Waals surface area contributed by atoms with Crippen LogP contribution in [0.2, 0.25) is 0 Å². The van der Waals surface area contributed by atoms with Gasteiger partial charge in [0.05, 0.1) is 0 Å². The van der Waals surface area contributed by atoms with Crippen molar-refractivity contribution in [1.82, 2.24) is 5.32 Å². The second-order valence-electron chi connectivity index (χ2n) is 7.16. The van der Waals surface area contributed by atoms with E-state index in [9.17, 15) is 26.7 Å². The molecule has 11 heteroatoms. The van der Waals surface area contributed by atoms with Crippen LogP contribution in [0.15, 0.2) is 52.6 Å². The van der Waals surface area contributed by atoms with Crippen LogP contribution in [-0.2, 0) is 14.4 Å². The summed E-state index contributed by atoms with van der Waals surface area (Å²) in [6.07, 6.45) is -5.12. The van der Waals surface area contributed by atoms with E-state index in [2.05, 4.69) is 10.1 Å². The molecule has 2 aliphatic rings. The third kappa shape index (κ3) is 4.71. The molecular formula is C21H16F5N3O3. The molecule has 2 aromatic carbocycles. The summed E-state index contributed by atoms with van der Waals surface area (Å²) >= 11 is 0. The quantitative estimate of drug-likeness (QED) is 0.697. The number of amides is 1. The van der Waals surface area contributed by atoms with Crippen molar-refractivity contribution < 1.29 is 36.3 Å². The molecule has 0 aromatic heterocycles. The molecule has 0 spiro atoms. The zero-order valence-electron chi connectivity index (χ0n) is 16.3. The van der Waals surface area contributed by atoms with Gasteiger partial charge in [-0.3, -0.25) is 4.79 Å². The second-order valence-corrected chi connectivity index (χ2v) is 7.16. The second kappa shape index (κ2) is 8.56. The molecule has 0 saturated heterocycles. The van der Waals surface area contributed by atoms with Gasteiger partial charge in [-0.15, -0.1) is 0 Å². The van der Waals surface area contributed by atoms with Crippen LogP contribution in [0.3, 0.4) is 0 Å². The first-order valence-corrected chi connectivity index (χ1v) is 9.54. The molecule has 1 amide bonds. The maximum Gasteiger partial charge on any atom is 0.405 e. The molecule has 6 nitrogen and oxygen atoms in total. The third-order valence-corrected chi connectivity index (χ3v) is 4.90. The summed E-state index contributed by atoms with van der Waals surface area (Å²) in [5.74, 6) is -2.59. The molecule has 1 N–H and O–H groups in total. The fourth-order valence-corrected chi connectivity index (χ4v) is 3.29. The summed E-state index contributed by atoms with van der Waals surface area (Å²) in [5, 5.41) is 5.33. The highest BCUT2D eigenvalue weighted by molar-refractivity contribution is 6.39. The van der Waals surface area contributed by atoms with Crippen LogP contribution >= 0.6 is 0 Å². The summed E-state index contributed by atoms with van der Waals surface area (Å²) in [5.41, 5.74) is 0.926. The normalized spacial score (nSPS) is 20.3. The largest absolute Gasteiger partial charge is 0.475 e. The Bertz CT molecular complexity index is 1060. The van der Waals surface area contributed by atoms with Crippen molar-refractivity contribution in [1.29, 1.82) is 0 Å². The minimum atomic E-state index is -4.52. The third-order valence-electron chi connectivity index (χ3n) is 4.90. The van der Waals surface area contributed by atoms with E-state index in [-0.39, 0.29) is 30.2 Å². The van der Waals surface area contributed by atoms with Crippen molar-refractivity contribution in [2.75, 3.05) is 13.2 Å². The maximum atomic E-state index is 13.9. The molecule has 2 unspecified atom stereocenters. The minimum Gasteiger partial charge on any atom is -0.475 e. The van der Waals surface area contributed by atoms with E-state index in [0.29, 0.717) is 5.56 Å². The fourth-order valence-electron chi connectivity index (χ4n) is 3.29. The number of carbonyl (C=O) groups is 1. The van der Waals surface area contributed by atoms with E-state index in [1.54, 1.807) is 29.6 Å². The first kappa shape index (κ1) is 21.7. The van der Waals surface area contributed by atoms with Crippen LogP contribution in [0.5, 0.6) is 0 Å². The Hall–Kier alpha value is -3.50. The lowest BCUT2D eigenvalue weighted by Gasteiger charge is -2.11. The standard InChI is InChI=1S/C21H16F5N3O3/c22-13-2-1-3-14(23)18(13)20-28-16(9-31-20)11-4-6-12(7-5-11)17-8-15(29-32-17)19(30)27-10-21(24,25)26/h1-7,16-17H,8-10H2,(H,27,30). The molecule has 0 bridgehead atoms. The number of halogens is 5. The van der Waals surface area contributed by atoms with Crippen molar-refractivity contribution in [3.8, 4) is 0 Å². The average molecular weight is 453 g/mol. The topological polar surface area (TPSA) is 72.3 Å². The number of hydrogen-bond donors (Lipinski definition) is 1. The number of rotatable bonds is 5. The molecule has 168 valence electrons. The number of carbonyl (C=O) groups excluding carboxylic acids is 1. The average Bonchev–Trinajstić information content (AvgIpc) is 3.42. The van der Waals surface area contributed by atoms with E-state index in [1.807, 2.05) is 0 Å². The van der Waals surface area contributed by atoms with Crippen molar-refractivity contribution in [3.63, 3.8) is 0 Å². The molecule has 2 heterocycles. The minimum absolute atomic E-state index is 0.0183. The number of nitrogens with one attached hydrogen (secondary N) is 1. The molecule has 2 atom stereocenters. The first-order valence-electron chi connectivity index (χ1n) is 9.54. The Balaban J connectivity index is 1.39. The Morgan fingerprint density at radius 2 is 1.72 bits per heavy atom. The van der Waals surface area contributed by atoms with Gasteiger partial charge in [-0.05, 0) is 23.3 Å². The van der Waals surface area contributed by atoms with Gasteiger partial charge in [-0.1, -0.05) is 35.5 Å². The first-order chi connectivity index (χ1) is 15.2. The van der Waals surface area contributed by atoms with Crippen molar-refractivity contribution in [2.45, 2.75) is 24.7 Å². The van der Waals surface area contributed by atoms with Gasteiger partial charge in [0, 0.05) is 6.42 Å². The summed E-state index contributed by atoms with van der Waals surface area (Å²) in [7, 11) is 0. The number of oxime groups is 1. The van der Waals surface area contributed by atoms with Gasteiger partial charge < -0.3 is 14.9 Å². The number of aliphatic imine (C=N–C) groups is 1. The molecule has 0 saturated carbocycles. The van der Waals surface area contributed by atoms with Crippen LogP contribution in [0, 0.1) is 11.6 Å². The van der Waals surface area contributed by atoms with Gasteiger partial charge in [0.2, 0.25) is 5.90 Å². The van der Waals surface area contributed by atoms with E-state index < -0.39 is 42.4 Å². The SMILES string of the molecule is O=C(NCC(F)(F)F)C1=NOC(c2ccc(C3COC(c4c(F)cccc4F)=N3)cc2)C1. The van der Waals surface area contributed by atoms with Gasteiger partial charge >= 0.3 is 6.18 Å². The van der Waals surface area contributed by atoms with Crippen molar-refractivity contribution in [2.24, 2.45) is 10.1 Å². The fraction of sp³-hybridized carbons (Fsp3) is 0.286. The molecule has 0 radical (unpaired) electrons. The summed E-state index contributed by atoms with van der Waals surface area (Å²) in [4.78, 5) is 21.2.